The van der Waals surface area contributed by atoms with Crippen molar-refractivity contribution in [3.8, 4) is 0 Å². The molecule has 4 nitrogen and oxygen atoms in total. The van der Waals surface area contributed by atoms with Gasteiger partial charge in [0, 0.05) is 25.5 Å². The van der Waals surface area contributed by atoms with Crippen LogP contribution in [0.4, 0.5) is 0 Å². The first-order chi connectivity index (χ1) is 8.56. The van der Waals surface area contributed by atoms with Crippen molar-refractivity contribution < 1.29 is 8.42 Å². The molecule has 1 aromatic heterocycles. The van der Waals surface area contributed by atoms with Crippen LogP contribution >= 0.6 is 0 Å². The number of aromatic nitrogens is 1. The van der Waals surface area contributed by atoms with Crippen LogP contribution in [0.2, 0.25) is 0 Å². The summed E-state index contributed by atoms with van der Waals surface area (Å²) >= 11 is 0. The minimum absolute atomic E-state index is 0.0115. The van der Waals surface area contributed by atoms with Gasteiger partial charge in [-0.05, 0) is 31.9 Å². The Balaban J connectivity index is 2.37. The fraction of sp³-hybridized carbons (Fsp3) is 0.692. The van der Waals surface area contributed by atoms with Crippen LogP contribution in [0, 0.1) is 0 Å². The van der Waals surface area contributed by atoms with E-state index >= 15 is 0 Å². The van der Waals surface area contributed by atoms with Crippen LogP contribution < -0.4 is 0 Å². The van der Waals surface area contributed by atoms with Gasteiger partial charge in [0.15, 0.2) is 0 Å². The number of nitrogens with zero attached hydrogens (tertiary/aromatic N) is 2. The second kappa shape index (κ2) is 5.45. The van der Waals surface area contributed by atoms with E-state index in [9.17, 15) is 8.42 Å². The molecule has 1 aliphatic heterocycles. The molecular weight excluding hydrogens is 248 g/mol. The van der Waals surface area contributed by atoms with Crippen LogP contribution in [0.1, 0.15) is 44.3 Å². The molecule has 1 saturated heterocycles. The average Bonchev–Trinajstić information content (AvgIpc) is 2.63. The van der Waals surface area contributed by atoms with E-state index in [1.165, 1.54) is 0 Å². The predicted octanol–water partition coefficient (Wildman–Crippen LogP) is 2.29. The van der Waals surface area contributed by atoms with Crippen molar-refractivity contribution in [1.29, 1.82) is 0 Å². The van der Waals surface area contributed by atoms with Gasteiger partial charge in [-0.3, -0.25) is 0 Å². The van der Waals surface area contributed by atoms with Crippen molar-refractivity contribution in [3.63, 3.8) is 0 Å². The van der Waals surface area contributed by atoms with E-state index < -0.39 is 10.0 Å². The summed E-state index contributed by atoms with van der Waals surface area (Å²) in [4.78, 5) is 0. The third-order valence-corrected chi connectivity index (χ3v) is 5.63. The zero-order valence-corrected chi connectivity index (χ0v) is 12.0. The van der Waals surface area contributed by atoms with Gasteiger partial charge in [0.25, 0.3) is 0 Å². The Morgan fingerprint density at radius 2 is 2.11 bits per heavy atom. The zero-order valence-electron chi connectivity index (χ0n) is 11.2. The molecule has 18 heavy (non-hydrogen) atoms. The number of aryl methyl sites for hydroxylation is 1. The largest absolute Gasteiger partial charge is 0.353 e. The lowest BCUT2D eigenvalue weighted by Crippen LogP contribution is -2.36. The Bertz CT molecular complexity index is 493. The summed E-state index contributed by atoms with van der Waals surface area (Å²) in [6.45, 7) is 2.38. The maximum absolute atomic E-state index is 12.2. The predicted molar refractivity (Wildman–Crippen MR) is 72.8 cm³/mol. The van der Waals surface area contributed by atoms with Gasteiger partial charge in [0.1, 0.15) is 0 Å². The summed E-state index contributed by atoms with van der Waals surface area (Å²) < 4.78 is 28.2. The number of rotatable bonds is 3. The zero-order chi connectivity index (χ0) is 13.2. The smallest absolute Gasteiger partial charge is 0.214 e. The van der Waals surface area contributed by atoms with Crippen LogP contribution in [-0.4, -0.2) is 29.6 Å². The molecule has 0 amide bonds. The molecular formula is C13H22N2O2S. The standard InChI is InChI=1S/C13H22N2O2S/c1-3-18(16,17)15-11-6-4-5-8-13(15)12-9-7-10-14(12)2/h7,9-10,13H,3-6,8,11H2,1-2H3. The lowest BCUT2D eigenvalue weighted by molar-refractivity contribution is 0.319. The molecule has 0 bridgehead atoms. The molecule has 1 atom stereocenters. The van der Waals surface area contributed by atoms with Crippen LogP contribution in [0.3, 0.4) is 0 Å². The molecule has 1 fully saturated rings. The van der Waals surface area contributed by atoms with Gasteiger partial charge in [-0.1, -0.05) is 12.8 Å². The monoisotopic (exact) mass is 270 g/mol. The Morgan fingerprint density at radius 1 is 1.33 bits per heavy atom. The third kappa shape index (κ3) is 2.62. The summed E-state index contributed by atoms with van der Waals surface area (Å²) in [7, 11) is -1.13. The molecule has 1 unspecified atom stereocenters. The van der Waals surface area contributed by atoms with E-state index in [-0.39, 0.29) is 11.8 Å². The molecule has 0 N–H and O–H groups in total. The first-order valence-electron chi connectivity index (χ1n) is 6.67. The van der Waals surface area contributed by atoms with Gasteiger partial charge in [-0.15, -0.1) is 0 Å². The molecule has 2 heterocycles. The van der Waals surface area contributed by atoms with Gasteiger partial charge in [0.05, 0.1) is 11.8 Å². The molecule has 0 spiro atoms. The lowest BCUT2D eigenvalue weighted by atomic mass is 10.1. The summed E-state index contributed by atoms with van der Waals surface area (Å²) in [5, 5.41) is 0. The molecule has 0 radical (unpaired) electrons. The highest BCUT2D eigenvalue weighted by Crippen LogP contribution is 2.32. The Kier molecular flexibility index (Phi) is 4.12. The van der Waals surface area contributed by atoms with Crippen molar-refractivity contribution in [2.75, 3.05) is 12.3 Å². The third-order valence-electron chi connectivity index (χ3n) is 3.75. The normalized spacial score (nSPS) is 22.9. The molecule has 0 saturated carbocycles. The summed E-state index contributed by atoms with van der Waals surface area (Å²) in [6, 6.07) is 4.03. The van der Waals surface area contributed by atoms with Crippen molar-refractivity contribution in [3.05, 3.63) is 24.0 Å². The number of hydrogen-bond acceptors (Lipinski definition) is 2. The van der Waals surface area contributed by atoms with Crippen LogP contribution in [0.15, 0.2) is 18.3 Å². The van der Waals surface area contributed by atoms with Gasteiger partial charge < -0.3 is 4.57 Å². The van der Waals surface area contributed by atoms with E-state index in [1.54, 1.807) is 11.2 Å². The van der Waals surface area contributed by atoms with Crippen LogP contribution in [-0.2, 0) is 17.1 Å². The van der Waals surface area contributed by atoms with Crippen LogP contribution in [0.5, 0.6) is 0 Å². The molecule has 1 aromatic rings. The maximum Gasteiger partial charge on any atom is 0.214 e. The first-order valence-corrected chi connectivity index (χ1v) is 8.28. The van der Waals surface area contributed by atoms with Gasteiger partial charge in [0.2, 0.25) is 10.0 Å². The van der Waals surface area contributed by atoms with Crippen molar-refractivity contribution in [1.82, 2.24) is 8.87 Å². The summed E-state index contributed by atoms with van der Waals surface area (Å²) in [6.07, 6.45) is 6.11. The molecule has 0 aromatic carbocycles. The second-order valence-electron chi connectivity index (χ2n) is 4.92. The van der Waals surface area contributed by atoms with E-state index in [1.807, 2.05) is 29.9 Å². The SMILES string of the molecule is CCS(=O)(=O)N1CCCCCC1c1cccn1C. The topological polar surface area (TPSA) is 42.3 Å². The molecule has 0 aliphatic carbocycles. The molecule has 5 heteroatoms. The van der Waals surface area contributed by atoms with Gasteiger partial charge in [-0.2, -0.15) is 4.31 Å². The van der Waals surface area contributed by atoms with Crippen molar-refractivity contribution >= 4 is 10.0 Å². The Hall–Kier alpha value is -0.810. The fourth-order valence-corrected chi connectivity index (χ4v) is 4.04. The number of hydrogen-bond donors (Lipinski definition) is 0. The molecule has 2 rings (SSSR count). The minimum atomic E-state index is -3.12. The van der Waals surface area contributed by atoms with E-state index in [4.69, 9.17) is 0 Å². The van der Waals surface area contributed by atoms with Crippen LogP contribution in [0.25, 0.3) is 0 Å². The highest BCUT2D eigenvalue weighted by Gasteiger charge is 2.31. The average molecular weight is 270 g/mol. The Morgan fingerprint density at radius 3 is 2.72 bits per heavy atom. The van der Waals surface area contributed by atoms with Crippen molar-refractivity contribution in [2.45, 2.75) is 38.6 Å². The molecule has 102 valence electrons. The highest BCUT2D eigenvalue weighted by molar-refractivity contribution is 7.89. The van der Waals surface area contributed by atoms with Crippen molar-refractivity contribution in [2.24, 2.45) is 7.05 Å². The lowest BCUT2D eigenvalue weighted by Gasteiger charge is -2.29. The maximum atomic E-state index is 12.2. The Labute approximate surface area is 110 Å². The quantitative estimate of drug-likeness (QED) is 0.845. The number of sulfonamides is 1. The van der Waals surface area contributed by atoms with E-state index in [0.29, 0.717) is 6.54 Å². The van der Waals surface area contributed by atoms with E-state index in [0.717, 1.165) is 31.4 Å². The molecule has 1 aliphatic rings. The minimum Gasteiger partial charge on any atom is -0.353 e. The summed E-state index contributed by atoms with van der Waals surface area (Å²) in [5.74, 6) is 0.188. The summed E-state index contributed by atoms with van der Waals surface area (Å²) in [5.41, 5.74) is 1.11. The van der Waals surface area contributed by atoms with E-state index in [2.05, 4.69) is 0 Å². The van der Waals surface area contributed by atoms with Gasteiger partial charge >= 0.3 is 0 Å². The fourth-order valence-electron chi connectivity index (χ4n) is 2.70. The first kappa shape index (κ1) is 13.6. The second-order valence-corrected chi connectivity index (χ2v) is 7.13. The van der Waals surface area contributed by atoms with Gasteiger partial charge in [-0.25, -0.2) is 8.42 Å². The highest BCUT2D eigenvalue weighted by atomic mass is 32.2.